The van der Waals surface area contributed by atoms with Crippen molar-refractivity contribution in [3.8, 4) is 11.4 Å². The van der Waals surface area contributed by atoms with Crippen LogP contribution < -0.4 is 11.3 Å². The van der Waals surface area contributed by atoms with Gasteiger partial charge in [0.1, 0.15) is 11.6 Å². The average Bonchev–Trinajstić information content (AvgIpc) is 2.15. The van der Waals surface area contributed by atoms with E-state index in [9.17, 15) is 4.79 Å². The van der Waals surface area contributed by atoms with Crippen molar-refractivity contribution in [3.63, 3.8) is 0 Å². The fraction of sp³-hybridized carbons (Fsp3) is 0.0909. The van der Waals surface area contributed by atoms with Crippen LogP contribution in [0.4, 0.5) is 5.82 Å². The van der Waals surface area contributed by atoms with Gasteiger partial charge in [-0.25, -0.2) is 4.98 Å². The van der Waals surface area contributed by atoms with Crippen molar-refractivity contribution >= 4 is 21.7 Å². The summed E-state index contributed by atoms with van der Waals surface area (Å²) in [6, 6.07) is 7.05. The molecule has 2 rings (SSSR count). The van der Waals surface area contributed by atoms with Gasteiger partial charge in [0.25, 0.3) is 5.56 Å². The van der Waals surface area contributed by atoms with Crippen molar-refractivity contribution in [2.45, 2.75) is 6.92 Å². The number of hydrogen-bond donors (Lipinski definition) is 2. The van der Waals surface area contributed by atoms with Gasteiger partial charge in [-0.3, -0.25) is 4.79 Å². The summed E-state index contributed by atoms with van der Waals surface area (Å²) in [4.78, 5) is 18.0. The van der Waals surface area contributed by atoms with Crippen LogP contribution in [0.25, 0.3) is 11.4 Å². The topological polar surface area (TPSA) is 71.8 Å². The lowest BCUT2D eigenvalue weighted by Gasteiger charge is -2.05. The predicted octanol–water partition coefficient (Wildman–Crippen LogP) is 2.09. The van der Waals surface area contributed by atoms with E-state index in [2.05, 4.69) is 25.9 Å². The van der Waals surface area contributed by atoms with Crippen LogP contribution in [0.1, 0.15) is 5.56 Å². The minimum atomic E-state index is -0.255. The number of hydrogen-bond acceptors (Lipinski definition) is 3. The molecule has 2 aromatic rings. The van der Waals surface area contributed by atoms with Gasteiger partial charge < -0.3 is 10.7 Å². The number of aromatic amines is 1. The van der Waals surface area contributed by atoms with Crippen molar-refractivity contribution < 1.29 is 0 Å². The number of halogens is 1. The molecule has 0 unspecified atom stereocenters. The highest BCUT2D eigenvalue weighted by Gasteiger charge is 2.06. The Labute approximate surface area is 101 Å². The Bertz CT molecular complexity index is 592. The monoisotopic (exact) mass is 279 g/mol. The zero-order valence-electron chi connectivity index (χ0n) is 8.62. The number of nitrogens with zero attached hydrogens (tertiary/aromatic N) is 1. The molecule has 0 aliphatic heterocycles. The molecule has 0 saturated heterocycles. The van der Waals surface area contributed by atoms with Crippen molar-refractivity contribution in [2.24, 2.45) is 0 Å². The molecular formula is C11H10BrN3O. The molecule has 0 spiro atoms. The first-order valence-corrected chi connectivity index (χ1v) is 5.49. The van der Waals surface area contributed by atoms with Gasteiger partial charge in [-0.05, 0) is 24.6 Å². The number of benzene rings is 1. The molecule has 3 N–H and O–H groups in total. The van der Waals surface area contributed by atoms with Crippen molar-refractivity contribution in [1.82, 2.24) is 9.97 Å². The molecular weight excluding hydrogens is 270 g/mol. The molecule has 16 heavy (non-hydrogen) atoms. The van der Waals surface area contributed by atoms with Gasteiger partial charge in [0.05, 0.1) is 0 Å². The fourth-order valence-corrected chi connectivity index (χ4v) is 2.10. The largest absolute Gasteiger partial charge is 0.383 e. The normalized spacial score (nSPS) is 10.4. The number of aryl methyl sites for hydroxylation is 1. The molecule has 1 aromatic heterocycles. The van der Waals surface area contributed by atoms with Crippen LogP contribution in [-0.2, 0) is 0 Å². The third-order valence-corrected chi connectivity index (χ3v) is 2.80. The molecule has 0 amide bonds. The Balaban J connectivity index is 2.63. The second kappa shape index (κ2) is 4.09. The van der Waals surface area contributed by atoms with Gasteiger partial charge in [-0.2, -0.15) is 0 Å². The molecule has 5 heteroatoms. The van der Waals surface area contributed by atoms with Crippen molar-refractivity contribution in [3.05, 3.63) is 44.7 Å². The van der Waals surface area contributed by atoms with E-state index in [4.69, 9.17) is 5.73 Å². The predicted molar refractivity (Wildman–Crippen MR) is 67.1 cm³/mol. The van der Waals surface area contributed by atoms with Crippen LogP contribution in [0.5, 0.6) is 0 Å². The molecule has 1 heterocycles. The van der Waals surface area contributed by atoms with Crippen molar-refractivity contribution in [1.29, 1.82) is 0 Å². The van der Waals surface area contributed by atoms with Crippen LogP contribution in [-0.4, -0.2) is 9.97 Å². The summed E-state index contributed by atoms with van der Waals surface area (Å²) >= 11 is 3.43. The quantitative estimate of drug-likeness (QED) is 0.840. The van der Waals surface area contributed by atoms with Gasteiger partial charge in [0.2, 0.25) is 0 Å². The first-order chi connectivity index (χ1) is 7.56. The average molecular weight is 280 g/mol. The molecule has 0 saturated carbocycles. The maximum Gasteiger partial charge on any atom is 0.253 e. The molecule has 0 radical (unpaired) electrons. The van der Waals surface area contributed by atoms with E-state index in [-0.39, 0.29) is 11.4 Å². The zero-order valence-corrected chi connectivity index (χ0v) is 10.2. The highest BCUT2D eigenvalue weighted by Crippen LogP contribution is 2.26. The molecule has 0 fully saturated rings. The van der Waals surface area contributed by atoms with Gasteiger partial charge in [0, 0.05) is 16.1 Å². The summed E-state index contributed by atoms with van der Waals surface area (Å²) in [5.41, 5.74) is 7.22. The number of nitrogen functional groups attached to an aromatic ring is 1. The highest BCUT2D eigenvalue weighted by atomic mass is 79.9. The maximum absolute atomic E-state index is 11.3. The Morgan fingerprint density at radius 1 is 1.38 bits per heavy atom. The molecule has 0 aliphatic rings. The molecule has 0 aliphatic carbocycles. The van der Waals surface area contributed by atoms with Crippen LogP contribution >= 0.6 is 15.9 Å². The Hall–Kier alpha value is -1.62. The second-order valence-corrected chi connectivity index (χ2v) is 4.36. The number of nitrogens with two attached hydrogens (primary N) is 1. The summed E-state index contributed by atoms with van der Waals surface area (Å²) in [5, 5.41) is 0. The Morgan fingerprint density at radius 2 is 2.12 bits per heavy atom. The van der Waals surface area contributed by atoms with Gasteiger partial charge in [0.15, 0.2) is 0 Å². The van der Waals surface area contributed by atoms with E-state index < -0.39 is 0 Å². The van der Waals surface area contributed by atoms with Gasteiger partial charge in [-0.1, -0.05) is 22.0 Å². The number of rotatable bonds is 1. The van der Waals surface area contributed by atoms with Gasteiger partial charge in [-0.15, -0.1) is 0 Å². The maximum atomic E-state index is 11.3. The van der Waals surface area contributed by atoms with E-state index in [1.165, 1.54) is 6.07 Å². The summed E-state index contributed by atoms with van der Waals surface area (Å²) in [5.74, 6) is 0.683. The summed E-state index contributed by atoms with van der Waals surface area (Å²) in [7, 11) is 0. The molecule has 0 bridgehead atoms. The molecule has 82 valence electrons. The first kappa shape index (κ1) is 10.9. The van der Waals surface area contributed by atoms with Crippen LogP contribution in [0, 0.1) is 6.92 Å². The summed E-state index contributed by atoms with van der Waals surface area (Å²) in [6.07, 6.45) is 0. The number of H-pyrrole nitrogens is 1. The fourth-order valence-electron chi connectivity index (χ4n) is 1.42. The molecule has 1 aromatic carbocycles. The summed E-state index contributed by atoms with van der Waals surface area (Å²) < 4.78 is 0.876. The van der Waals surface area contributed by atoms with Gasteiger partial charge >= 0.3 is 0 Å². The van der Waals surface area contributed by atoms with E-state index in [0.717, 1.165) is 15.6 Å². The SMILES string of the molecule is Cc1ccc(-c2nc(N)cc(=O)[nH]2)c(Br)c1. The van der Waals surface area contributed by atoms with Crippen LogP contribution in [0.15, 0.2) is 33.5 Å². The molecule has 0 atom stereocenters. The molecule has 4 nitrogen and oxygen atoms in total. The lowest BCUT2D eigenvalue weighted by molar-refractivity contribution is 1.13. The Kier molecular flexibility index (Phi) is 2.78. The number of nitrogens with one attached hydrogen (secondary N) is 1. The third kappa shape index (κ3) is 2.14. The van der Waals surface area contributed by atoms with E-state index in [1.807, 2.05) is 25.1 Å². The van der Waals surface area contributed by atoms with Crippen molar-refractivity contribution in [2.75, 3.05) is 5.73 Å². The number of anilines is 1. The minimum absolute atomic E-state index is 0.214. The third-order valence-electron chi connectivity index (χ3n) is 2.14. The van der Waals surface area contributed by atoms with Crippen LogP contribution in [0.2, 0.25) is 0 Å². The standard InChI is InChI=1S/C11H10BrN3O/c1-6-2-3-7(8(12)4-6)11-14-9(13)5-10(16)15-11/h2-5H,1H3,(H3,13,14,15,16). The second-order valence-electron chi connectivity index (χ2n) is 3.50. The first-order valence-electron chi connectivity index (χ1n) is 4.69. The van der Waals surface area contributed by atoms with E-state index in [0.29, 0.717) is 5.82 Å². The smallest absolute Gasteiger partial charge is 0.253 e. The minimum Gasteiger partial charge on any atom is -0.383 e. The van der Waals surface area contributed by atoms with Crippen LogP contribution in [0.3, 0.4) is 0 Å². The number of aromatic nitrogens is 2. The highest BCUT2D eigenvalue weighted by molar-refractivity contribution is 9.10. The van der Waals surface area contributed by atoms with E-state index >= 15 is 0 Å². The zero-order chi connectivity index (χ0) is 11.7. The lowest BCUT2D eigenvalue weighted by Crippen LogP contribution is -2.10. The lowest BCUT2D eigenvalue weighted by atomic mass is 10.1. The Morgan fingerprint density at radius 3 is 2.75 bits per heavy atom. The summed E-state index contributed by atoms with van der Waals surface area (Å²) in [6.45, 7) is 1.99. The van der Waals surface area contributed by atoms with E-state index in [1.54, 1.807) is 0 Å².